The van der Waals surface area contributed by atoms with Crippen molar-refractivity contribution in [3.8, 4) is 0 Å². The highest BCUT2D eigenvalue weighted by Gasteiger charge is 2.56. The molecule has 2 aromatic carbocycles. The van der Waals surface area contributed by atoms with Crippen LogP contribution in [0, 0.1) is 23.7 Å². The Morgan fingerprint density at radius 1 is 0.787 bits per heavy atom. The molecule has 0 bridgehead atoms. The summed E-state index contributed by atoms with van der Waals surface area (Å²) in [5.41, 5.74) is -4.14. The minimum absolute atomic E-state index is 0.109. The fourth-order valence-corrected chi connectivity index (χ4v) is 19.2. The zero-order valence-corrected chi connectivity index (χ0v) is 52.0. The number of aliphatic hydroxyl groups is 5. The zero-order chi connectivity index (χ0) is 58.7. The van der Waals surface area contributed by atoms with Gasteiger partial charge in [-0.3, -0.25) is 9.59 Å². The largest absolute Gasteiger partial charge is 0.459 e. The van der Waals surface area contributed by atoms with Crippen LogP contribution in [0.4, 0.5) is 0 Å². The summed E-state index contributed by atoms with van der Waals surface area (Å²) in [6, 6.07) is 21.1. The summed E-state index contributed by atoms with van der Waals surface area (Å²) in [5, 5.41) is 63.8. The third kappa shape index (κ3) is 15.6. The van der Waals surface area contributed by atoms with Crippen LogP contribution in [0.2, 0.25) is 0 Å². The molecule has 6 rings (SSSR count). The molecule has 0 saturated carbocycles. The number of carbonyl (C=O) groups is 2. The molecule has 0 spiro atoms. The standard InChI is InChI=1S/C64H106N2O13P/c1-14-53-64(10,73)57(69)46(6)66(54(67)34-28-20-18-16-15-17-19-21-29-35-80(50-40-75-41-50,48-30-24-22-25-31-48)49-32-26-23-27-33-49)39-42(2)37-62(8,72)59(79-61-56(68)51(65(11)12)36-43(3)76-61)44(4)55(45(5)60(71)78-53)52-38-63(9,74-13)58(70)47(7)77-52/h22-27,30-33,42-47,50-53,55-59,61,68-70,72-73H,14-21,28-29,34-41H2,1-13H3/q+1/t42-,43-,44+,45-,46-,47+,51+,52?,53-,55+,56-,57-,58+,59-,61+,62-,63-,64-/m1/s1. The summed E-state index contributed by atoms with van der Waals surface area (Å²) in [5.74, 6) is -3.61. The van der Waals surface area contributed by atoms with Crippen molar-refractivity contribution in [3.63, 3.8) is 0 Å². The SMILES string of the molecule is CC[C@H]1OC(=O)[C@H](C)[C@@H](C2C[C@@](C)(OC)[C@@H](O)[C@H](C)O2)[C@H](C)[C@@H](O[C@@H]2O[C@H](C)C[C@H](N(C)C)[C@H]2O)[C@](C)(O)C[C@@H](C)CN(C(=O)CCCCCCCCCCC[P+](c2ccccc2)(c2ccccc2)C2COC2)[C@H](C)[C@@H](O)[C@]1(C)O. The third-order valence-electron chi connectivity index (χ3n) is 19.2. The van der Waals surface area contributed by atoms with Crippen LogP contribution in [0.5, 0.6) is 0 Å². The van der Waals surface area contributed by atoms with Gasteiger partial charge < -0.3 is 63.8 Å². The van der Waals surface area contributed by atoms with Crippen LogP contribution >= 0.6 is 7.26 Å². The first-order chi connectivity index (χ1) is 37.8. The second-order valence-corrected chi connectivity index (χ2v) is 29.7. The average Bonchev–Trinajstić information content (AvgIpc) is 3.51. The van der Waals surface area contributed by atoms with E-state index >= 15 is 0 Å². The predicted molar refractivity (Wildman–Crippen MR) is 317 cm³/mol. The van der Waals surface area contributed by atoms with Crippen LogP contribution < -0.4 is 10.6 Å². The Kier molecular flexibility index (Phi) is 24.5. The van der Waals surface area contributed by atoms with E-state index in [1.54, 1.807) is 39.5 Å². The molecule has 80 heavy (non-hydrogen) atoms. The second-order valence-electron chi connectivity index (χ2n) is 25.7. The lowest BCUT2D eigenvalue weighted by molar-refractivity contribution is -0.302. The fraction of sp³-hybridized carbons (Fsp3) is 0.781. The summed E-state index contributed by atoms with van der Waals surface area (Å²) in [6.07, 6.45) is 3.23. The molecule has 2 aromatic rings. The number of esters is 1. The van der Waals surface area contributed by atoms with Crippen LogP contribution in [0.3, 0.4) is 0 Å². The molecule has 4 aliphatic rings. The van der Waals surface area contributed by atoms with E-state index < -0.39 is 103 Å². The predicted octanol–water partition coefficient (Wildman–Crippen LogP) is 8.04. The van der Waals surface area contributed by atoms with Gasteiger partial charge in [0, 0.05) is 38.5 Å². The van der Waals surface area contributed by atoms with E-state index in [-0.39, 0.29) is 56.2 Å². The number of aliphatic hydroxyl groups excluding tert-OH is 3. The van der Waals surface area contributed by atoms with Gasteiger partial charge in [0.15, 0.2) is 6.29 Å². The third-order valence-corrected chi connectivity index (χ3v) is 24.2. The lowest BCUT2D eigenvalue weighted by Crippen LogP contribution is -2.61. The molecule has 15 nitrogen and oxygen atoms in total. The molecule has 4 aliphatic heterocycles. The summed E-state index contributed by atoms with van der Waals surface area (Å²) < 4.78 is 38.0. The van der Waals surface area contributed by atoms with Gasteiger partial charge in [-0.25, -0.2) is 0 Å². The number of unbranched alkanes of at least 4 members (excludes halogenated alkanes) is 8. The van der Waals surface area contributed by atoms with Gasteiger partial charge in [0.2, 0.25) is 5.91 Å². The number of hydrogen-bond acceptors (Lipinski definition) is 14. The Hall–Kier alpha value is -2.63. The Labute approximate surface area is 481 Å². The Bertz CT molecular complexity index is 2150. The Morgan fingerprint density at radius 2 is 1.35 bits per heavy atom. The van der Waals surface area contributed by atoms with Crippen molar-refractivity contribution in [1.29, 1.82) is 0 Å². The van der Waals surface area contributed by atoms with Crippen LogP contribution in [0.1, 0.15) is 159 Å². The summed E-state index contributed by atoms with van der Waals surface area (Å²) in [6.45, 7) is 19.5. The van der Waals surface area contributed by atoms with E-state index in [9.17, 15) is 35.1 Å². The van der Waals surface area contributed by atoms with Crippen LogP contribution in [-0.2, 0) is 38.0 Å². The number of ether oxygens (including phenoxy) is 6. The van der Waals surface area contributed by atoms with Crippen molar-refractivity contribution in [2.45, 2.75) is 249 Å². The molecular weight excluding hydrogens is 1040 g/mol. The molecule has 0 aliphatic carbocycles. The molecule has 4 fully saturated rings. The number of benzene rings is 2. The number of rotatable bonds is 21. The molecular formula is C64H106N2O13P+. The maximum Gasteiger partial charge on any atom is 0.309 e. The number of methoxy groups -OCH3 is 1. The fourth-order valence-electron chi connectivity index (χ4n) is 14.3. The second kappa shape index (κ2) is 29.5. The highest BCUT2D eigenvalue weighted by atomic mass is 31.2. The van der Waals surface area contributed by atoms with Crippen molar-refractivity contribution >= 4 is 29.7 Å². The quantitative estimate of drug-likeness (QED) is 0.0458. The van der Waals surface area contributed by atoms with Crippen LogP contribution in [-0.4, -0.2) is 184 Å². The minimum Gasteiger partial charge on any atom is -0.459 e. The van der Waals surface area contributed by atoms with E-state index in [0.29, 0.717) is 18.5 Å². The summed E-state index contributed by atoms with van der Waals surface area (Å²) in [7, 11) is 3.70. The number of carbonyl (C=O) groups excluding carboxylic acids is 2. The molecule has 1 unspecified atom stereocenters. The first kappa shape index (κ1) is 66.5. The number of cyclic esters (lactones) is 1. The molecule has 0 aromatic heterocycles. The van der Waals surface area contributed by atoms with Crippen molar-refractivity contribution in [2.24, 2.45) is 23.7 Å². The van der Waals surface area contributed by atoms with E-state index in [4.69, 9.17) is 28.4 Å². The molecule has 16 heteroatoms. The van der Waals surface area contributed by atoms with Gasteiger partial charge in [0.1, 0.15) is 35.7 Å². The first-order valence-electron chi connectivity index (χ1n) is 30.6. The summed E-state index contributed by atoms with van der Waals surface area (Å²) >= 11 is 0. The van der Waals surface area contributed by atoms with E-state index in [2.05, 4.69) is 60.7 Å². The maximum absolute atomic E-state index is 14.8. The van der Waals surface area contributed by atoms with Crippen LogP contribution in [0.15, 0.2) is 60.7 Å². The first-order valence-corrected chi connectivity index (χ1v) is 32.6. The number of nitrogens with zero attached hydrogens (tertiary/aromatic N) is 2. The molecule has 454 valence electrons. The van der Waals surface area contributed by atoms with Gasteiger partial charge >= 0.3 is 5.97 Å². The van der Waals surface area contributed by atoms with Gasteiger partial charge in [-0.05, 0) is 130 Å². The van der Waals surface area contributed by atoms with Gasteiger partial charge in [0.25, 0.3) is 0 Å². The van der Waals surface area contributed by atoms with Crippen molar-refractivity contribution in [2.75, 3.05) is 47.1 Å². The topological polar surface area (TPSA) is 197 Å². The number of likely N-dealkylation sites (N-methyl/N-ethyl adjacent to an activating group) is 1. The molecule has 0 radical (unpaired) electrons. The van der Waals surface area contributed by atoms with Gasteiger partial charge in [-0.15, -0.1) is 0 Å². The number of amides is 1. The molecule has 4 saturated heterocycles. The molecule has 18 atom stereocenters. The minimum atomic E-state index is -1.98. The lowest BCUT2D eigenvalue weighted by Gasteiger charge is -2.51. The smallest absolute Gasteiger partial charge is 0.309 e. The maximum atomic E-state index is 14.8. The average molecular weight is 1140 g/mol. The van der Waals surface area contributed by atoms with Crippen molar-refractivity contribution in [3.05, 3.63) is 60.7 Å². The van der Waals surface area contributed by atoms with Crippen molar-refractivity contribution in [1.82, 2.24) is 9.80 Å². The van der Waals surface area contributed by atoms with E-state index in [1.165, 1.54) is 56.5 Å². The Morgan fingerprint density at radius 3 is 1.88 bits per heavy atom. The molecule has 5 N–H and O–H groups in total. The zero-order valence-electron chi connectivity index (χ0n) is 51.1. The van der Waals surface area contributed by atoms with E-state index in [1.807, 2.05) is 46.7 Å². The van der Waals surface area contributed by atoms with Crippen LogP contribution in [0.25, 0.3) is 0 Å². The summed E-state index contributed by atoms with van der Waals surface area (Å²) in [4.78, 5) is 33.0. The highest BCUT2D eigenvalue weighted by Crippen LogP contribution is 2.63. The monoisotopic (exact) mass is 1140 g/mol. The Balaban J connectivity index is 1.15. The normalized spacial score (nSPS) is 37.4. The lowest BCUT2D eigenvalue weighted by atomic mass is 9.68. The van der Waals surface area contributed by atoms with Crippen molar-refractivity contribution < 1.29 is 63.5 Å². The van der Waals surface area contributed by atoms with Gasteiger partial charge in [0.05, 0.1) is 84.8 Å². The molecule has 4 heterocycles. The van der Waals surface area contributed by atoms with E-state index in [0.717, 1.165) is 38.9 Å². The number of hydrogen-bond donors (Lipinski definition) is 5. The highest BCUT2D eigenvalue weighted by molar-refractivity contribution is 7.90. The van der Waals surface area contributed by atoms with Gasteiger partial charge in [-0.1, -0.05) is 103 Å². The van der Waals surface area contributed by atoms with Gasteiger partial charge in [-0.2, -0.15) is 0 Å². The molecule has 1 amide bonds.